The highest BCUT2D eigenvalue weighted by molar-refractivity contribution is 5.99. The molecule has 0 aromatic heterocycles. The minimum absolute atomic E-state index is 0.0625. The first kappa shape index (κ1) is 19.8. The molecule has 0 fully saturated rings. The minimum atomic E-state index is -0.464. The molecule has 0 heterocycles. The van der Waals surface area contributed by atoms with Crippen molar-refractivity contribution in [3.63, 3.8) is 0 Å². The second kappa shape index (κ2) is 9.31. The molecule has 3 rings (SSSR count). The maximum absolute atomic E-state index is 12.3. The van der Waals surface area contributed by atoms with Crippen LogP contribution < -0.4 is 5.32 Å². The van der Waals surface area contributed by atoms with Gasteiger partial charge in [-0.25, -0.2) is 4.79 Å². The molecule has 1 N–H and O–H groups in total. The molecule has 0 atom stereocenters. The normalized spacial score (nSPS) is 12.8. The summed E-state index contributed by atoms with van der Waals surface area (Å²) in [5.74, 6) is -0.763. The van der Waals surface area contributed by atoms with Gasteiger partial charge in [0.2, 0.25) is 5.91 Å². The zero-order valence-electron chi connectivity index (χ0n) is 16.1. The summed E-state index contributed by atoms with van der Waals surface area (Å²) < 4.78 is 5.22. The second-order valence-corrected chi connectivity index (χ2v) is 7.12. The molecule has 1 aliphatic rings. The van der Waals surface area contributed by atoms with E-state index >= 15 is 0 Å². The van der Waals surface area contributed by atoms with E-state index in [1.54, 1.807) is 18.2 Å². The zero-order valence-corrected chi connectivity index (χ0v) is 16.1. The summed E-state index contributed by atoms with van der Waals surface area (Å²) in [6, 6.07) is 12.8. The third-order valence-corrected chi connectivity index (χ3v) is 4.98. The van der Waals surface area contributed by atoms with Crippen LogP contribution in [-0.2, 0) is 28.8 Å². The Bertz CT molecular complexity index is 871. The number of hydrogen-bond donors (Lipinski definition) is 1. The molecule has 1 aliphatic carbocycles. The summed E-state index contributed by atoms with van der Waals surface area (Å²) in [6.45, 7) is 1.76. The molecule has 28 heavy (non-hydrogen) atoms. The largest absolute Gasteiger partial charge is 0.454 e. The van der Waals surface area contributed by atoms with E-state index in [1.807, 2.05) is 24.3 Å². The number of esters is 1. The molecule has 5 heteroatoms. The lowest BCUT2D eigenvalue weighted by Gasteiger charge is -2.16. The number of Topliss-reactive ketones (excluding diaryl/α,β-unsaturated/α-hetero) is 1. The van der Waals surface area contributed by atoms with Crippen molar-refractivity contribution in [2.24, 2.45) is 0 Å². The van der Waals surface area contributed by atoms with Crippen molar-refractivity contribution in [1.29, 1.82) is 0 Å². The number of nitrogens with one attached hydrogen (secondary N) is 1. The highest BCUT2D eigenvalue weighted by atomic mass is 16.5. The van der Waals surface area contributed by atoms with E-state index in [4.69, 9.17) is 4.74 Å². The van der Waals surface area contributed by atoms with Gasteiger partial charge in [-0.15, -0.1) is 0 Å². The van der Waals surface area contributed by atoms with E-state index in [0.717, 1.165) is 24.8 Å². The highest BCUT2D eigenvalue weighted by Crippen LogP contribution is 2.22. The molecule has 0 radical (unpaired) electrons. The van der Waals surface area contributed by atoms with E-state index in [9.17, 15) is 14.4 Å². The monoisotopic (exact) mass is 379 g/mol. The Balaban J connectivity index is 1.52. The molecule has 0 saturated carbocycles. The first-order chi connectivity index (χ1) is 13.5. The number of ether oxygens (including phenoxy) is 1. The molecule has 2 aromatic rings. The van der Waals surface area contributed by atoms with Crippen molar-refractivity contribution in [3.05, 3.63) is 70.3 Å². The fraction of sp³-hybridized carbons (Fsp3) is 0.348. The van der Waals surface area contributed by atoms with Gasteiger partial charge in [-0.2, -0.15) is 0 Å². The van der Waals surface area contributed by atoms with Gasteiger partial charge in [-0.1, -0.05) is 30.3 Å². The number of carbonyl (C=O) groups is 3. The Morgan fingerprint density at radius 2 is 1.61 bits per heavy atom. The zero-order chi connectivity index (χ0) is 19.9. The van der Waals surface area contributed by atoms with Gasteiger partial charge < -0.3 is 10.1 Å². The van der Waals surface area contributed by atoms with Gasteiger partial charge in [-0.3, -0.25) is 9.59 Å². The Morgan fingerprint density at radius 1 is 0.929 bits per heavy atom. The number of rotatable bonds is 7. The average Bonchev–Trinajstić information content (AvgIpc) is 2.71. The van der Waals surface area contributed by atoms with Crippen LogP contribution in [0.2, 0.25) is 0 Å². The number of benzene rings is 2. The van der Waals surface area contributed by atoms with E-state index in [2.05, 4.69) is 5.32 Å². The Morgan fingerprint density at radius 3 is 2.32 bits per heavy atom. The molecular formula is C23H25NO4. The summed E-state index contributed by atoms with van der Waals surface area (Å²) in [7, 11) is 0. The Labute approximate surface area is 165 Å². The fourth-order valence-corrected chi connectivity index (χ4v) is 3.40. The number of amides is 1. The summed E-state index contributed by atoms with van der Waals surface area (Å²) in [6.07, 6.45) is 5.08. The van der Waals surface area contributed by atoms with Crippen molar-refractivity contribution in [2.45, 2.75) is 39.0 Å². The van der Waals surface area contributed by atoms with Gasteiger partial charge in [0.15, 0.2) is 12.4 Å². The molecule has 1 amide bonds. The molecule has 0 spiro atoms. The molecule has 0 saturated heterocycles. The second-order valence-electron chi connectivity index (χ2n) is 7.12. The number of ketones is 1. The molecule has 2 aromatic carbocycles. The average molecular weight is 379 g/mol. The summed E-state index contributed by atoms with van der Waals surface area (Å²) in [5.41, 5.74) is 4.54. The van der Waals surface area contributed by atoms with Gasteiger partial charge in [0.05, 0.1) is 5.56 Å². The lowest BCUT2D eigenvalue weighted by atomic mass is 9.90. The first-order valence-electron chi connectivity index (χ1n) is 9.68. The lowest BCUT2D eigenvalue weighted by molar-refractivity contribution is -0.118. The van der Waals surface area contributed by atoms with Gasteiger partial charge in [0.1, 0.15) is 0 Å². The molecular weight excluding hydrogens is 354 g/mol. The fourth-order valence-electron chi connectivity index (χ4n) is 3.40. The van der Waals surface area contributed by atoms with E-state index in [0.29, 0.717) is 24.1 Å². The summed E-state index contributed by atoms with van der Waals surface area (Å²) >= 11 is 0. The van der Waals surface area contributed by atoms with Crippen LogP contribution in [0.15, 0.2) is 42.5 Å². The van der Waals surface area contributed by atoms with Gasteiger partial charge in [-0.05, 0) is 60.9 Å². The SMILES string of the molecule is CC(=O)NCCc1ccc(C(=O)COC(=O)c2ccc3c(c2)CCCC3)cc1. The van der Waals surface area contributed by atoms with Crippen molar-refractivity contribution < 1.29 is 19.1 Å². The third-order valence-electron chi connectivity index (χ3n) is 4.98. The van der Waals surface area contributed by atoms with Crippen LogP contribution in [0, 0.1) is 0 Å². The quantitative estimate of drug-likeness (QED) is 0.592. The van der Waals surface area contributed by atoms with E-state index < -0.39 is 5.97 Å². The summed E-state index contributed by atoms with van der Waals surface area (Å²) in [4.78, 5) is 35.5. The molecule has 5 nitrogen and oxygen atoms in total. The predicted octanol–water partition coefficient (Wildman–Crippen LogP) is 3.28. The van der Waals surface area contributed by atoms with Crippen molar-refractivity contribution in [1.82, 2.24) is 5.32 Å². The minimum Gasteiger partial charge on any atom is -0.454 e. The predicted molar refractivity (Wildman–Crippen MR) is 107 cm³/mol. The molecule has 146 valence electrons. The van der Waals surface area contributed by atoms with Gasteiger partial charge in [0, 0.05) is 19.0 Å². The van der Waals surface area contributed by atoms with Crippen LogP contribution in [0.4, 0.5) is 0 Å². The number of carbonyl (C=O) groups excluding carboxylic acids is 3. The van der Waals surface area contributed by atoms with Crippen LogP contribution in [0.25, 0.3) is 0 Å². The maximum Gasteiger partial charge on any atom is 0.338 e. The smallest absolute Gasteiger partial charge is 0.338 e. The molecule has 0 aliphatic heterocycles. The highest BCUT2D eigenvalue weighted by Gasteiger charge is 2.15. The first-order valence-corrected chi connectivity index (χ1v) is 9.68. The van der Waals surface area contributed by atoms with Crippen LogP contribution in [0.1, 0.15) is 57.2 Å². The Hall–Kier alpha value is -2.95. The van der Waals surface area contributed by atoms with Crippen molar-refractivity contribution >= 4 is 17.7 Å². The Kier molecular flexibility index (Phi) is 6.58. The molecule has 0 bridgehead atoms. The topological polar surface area (TPSA) is 72.5 Å². The van der Waals surface area contributed by atoms with Crippen LogP contribution in [0.3, 0.4) is 0 Å². The summed E-state index contributed by atoms with van der Waals surface area (Å²) in [5, 5.41) is 2.74. The van der Waals surface area contributed by atoms with Crippen LogP contribution >= 0.6 is 0 Å². The van der Waals surface area contributed by atoms with E-state index in [1.165, 1.54) is 24.5 Å². The van der Waals surface area contributed by atoms with Gasteiger partial charge >= 0.3 is 5.97 Å². The lowest BCUT2D eigenvalue weighted by Crippen LogP contribution is -2.22. The van der Waals surface area contributed by atoms with Gasteiger partial charge in [0.25, 0.3) is 0 Å². The number of hydrogen-bond acceptors (Lipinski definition) is 4. The van der Waals surface area contributed by atoms with Crippen LogP contribution in [0.5, 0.6) is 0 Å². The number of aryl methyl sites for hydroxylation is 2. The molecule has 0 unspecified atom stereocenters. The van der Waals surface area contributed by atoms with Crippen molar-refractivity contribution in [3.8, 4) is 0 Å². The van der Waals surface area contributed by atoms with Crippen molar-refractivity contribution in [2.75, 3.05) is 13.2 Å². The van der Waals surface area contributed by atoms with E-state index in [-0.39, 0.29) is 18.3 Å². The standard InChI is InChI=1S/C23H25NO4/c1-16(25)24-13-12-17-6-8-19(9-7-17)22(26)15-28-23(27)21-11-10-18-4-2-3-5-20(18)14-21/h6-11,14H,2-5,12-13,15H2,1H3,(H,24,25). The third kappa shape index (κ3) is 5.28. The number of fused-ring (bicyclic) bond motifs is 1. The van der Waals surface area contributed by atoms with Crippen LogP contribution in [-0.4, -0.2) is 30.8 Å². The maximum atomic E-state index is 12.3.